The van der Waals surface area contributed by atoms with Crippen LogP contribution in [0.25, 0.3) is 17.4 Å². The van der Waals surface area contributed by atoms with Gasteiger partial charge in [-0.05, 0) is 82.6 Å². The average Bonchev–Trinajstić information content (AvgIpc) is 3.59. The van der Waals surface area contributed by atoms with Gasteiger partial charge in [0.25, 0.3) is 5.56 Å². The van der Waals surface area contributed by atoms with E-state index in [1.54, 1.807) is 77.3 Å². The number of allylic oxidation sites excluding steroid dienone is 1. The summed E-state index contributed by atoms with van der Waals surface area (Å²) in [5.74, 6) is 1.08. The highest BCUT2D eigenvalue weighted by Gasteiger charge is 2.35. The molecule has 0 saturated carbocycles. The van der Waals surface area contributed by atoms with E-state index in [9.17, 15) is 14.4 Å². The van der Waals surface area contributed by atoms with E-state index in [0.29, 0.717) is 49.2 Å². The molecular formula is C34H34N2O8S. The molecule has 1 aliphatic heterocycles. The van der Waals surface area contributed by atoms with Crippen molar-refractivity contribution >= 4 is 29.4 Å². The molecule has 0 spiro atoms. The largest absolute Gasteiger partial charge is 0.497 e. The lowest BCUT2D eigenvalue weighted by Crippen LogP contribution is -2.40. The van der Waals surface area contributed by atoms with Crippen LogP contribution in [0, 0.1) is 6.92 Å². The molecule has 3 heterocycles. The first-order valence-corrected chi connectivity index (χ1v) is 15.2. The lowest BCUT2D eigenvalue weighted by Gasteiger charge is -2.26. The molecule has 0 amide bonds. The minimum absolute atomic E-state index is 0.160. The number of thiazole rings is 1. The van der Waals surface area contributed by atoms with Crippen molar-refractivity contribution in [3.05, 3.63) is 102 Å². The molecule has 11 heteroatoms. The number of hydrogen-bond donors (Lipinski definition) is 0. The van der Waals surface area contributed by atoms with E-state index in [1.165, 1.54) is 23.0 Å². The van der Waals surface area contributed by atoms with Crippen LogP contribution in [-0.2, 0) is 14.3 Å². The van der Waals surface area contributed by atoms with Gasteiger partial charge in [0.15, 0.2) is 4.80 Å². The van der Waals surface area contributed by atoms with Gasteiger partial charge in [-0.15, -0.1) is 0 Å². The third-order valence-corrected chi connectivity index (χ3v) is 8.20. The summed E-state index contributed by atoms with van der Waals surface area (Å²) in [6, 6.07) is 13.2. The number of hydrogen-bond acceptors (Lipinski definition) is 10. The van der Waals surface area contributed by atoms with Crippen LogP contribution >= 0.6 is 11.3 Å². The quantitative estimate of drug-likeness (QED) is 0.239. The summed E-state index contributed by atoms with van der Waals surface area (Å²) in [6.07, 6.45) is 1.44. The summed E-state index contributed by atoms with van der Waals surface area (Å²) in [5.41, 5.74) is 2.96. The zero-order chi connectivity index (χ0) is 32.4. The van der Waals surface area contributed by atoms with E-state index in [-0.39, 0.29) is 29.8 Å². The summed E-state index contributed by atoms with van der Waals surface area (Å²) in [7, 11) is 3.06. The van der Waals surface area contributed by atoms with Gasteiger partial charge in [0, 0.05) is 17.2 Å². The Bertz CT molecular complexity index is 2000. The van der Waals surface area contributed by atoms with Gasteiger partial charge in [-0.1, -0.05) is 17.4 Å². The number of methoxy groups -OCH3 is 2. The third kappa shape index (κ3) is 6.21. The number of aryl methyl sites for hydroxylation is 1. The standard InChI is InChI=1S/C34H34N2O8S/c1-8-42-33(39)29-20(5)35-34-36(30(29)25-16-22(40-6)10-13-26(25)41-7)31(37)28(45-34)17-23-11-14-27(44-23)24-12-9-21(15-19(24)4)32(38)43-18(2)3/h9-18,30H,8H2,1-7H3/b28-17+/t30-/m1/s1. The molecule has 0 radical (unpaired) electrons. The first kappa shape index (κ1) is 31.5. The van der Waals surface area contributed by atoms with Gasteiger partial charge < -0.3 is 23.4 Å². The Hall–Kier alpha value is -4.90. The molecule has 10 nitrogen and oxygen atoms in total. The van der Waals surface area contributed by atoms with Gasteiger partial charge in [0.1, 0.15) is 29.1 Å². The van der Waals surface area contributed by atoms with E-state index in [2.05, 4.69) is 4.99 Å². The Morgan fingerprint density at radius 1 is 1.04 bits per heavy atom. The molecule has 2 aromatic heterocycles. The monoisotopic (exact) mass is 630 g/mol. The van der Waals surface area contributed by atoms with Crippen molar-refractivity contribution in [3.8, 4) is 22.8 Å². The lowest BCUT2D eigenvalue weighted by molar-refractivity contribution is -0.139. The van der Waals surface area contributed by atoms with E-state index in [4.69, 9.17) is 23.4 Å². The first-order valence-electron chi connectivity index (χ1n) is 14.4. The molecule has 0 saturated heterocycles. The number of benzene rings is 2. The fourth-order valence-electron chi connectivity index (χ4n) is 5.19. The number of rotatable bonds is 9. The van der Waals surface area contributed by atoms with Gasteiger partial charge >= 0.3 is 11.9 Å². The molecule has 1 atom stereocenters. The minimum Gasteiger partial charge on any atom is -0.497 e. The third-order valence-electron chi connectivity index (χ3n) is 7.22. The smallest absolute Gasteiger partial charge is 0.338 e. The maximum Gasteiger partial charge on any atom is 0.338 e. The molecule has 5 rings (SSSR count). The average molecular weight is 631 g/mol. The Morgan fingerprint density at radius 2 is 1.82 bits per heavy atom. The van der Waals surface area contributed by atoms with Crippen LogP contribution in [0.3, 0.4) is 0 Å². The van der Waals surface area contributed by atoms with Crippen molar-refractivity contribution in [2.75, 3.05) is 20.8 Å². The summed E-state index contributed by atoms with van der Waals surface area (Å²) in [5, 5.41) is 0. The number of carbonyl (C=O) groups is 2. The molecule has 0 N–H and O–H groups in total. The number of ether oxygens (including phenoxy) is 4. The number of furan rings is 1. The van der Waals surface area contributed by atoms with Gasteiger partial charge in [0.2, 0.25) is 0 Å². The molecule has 1 aliphatic rings. The van der Waals surface area contributed by atoms with Crippen LogP contribution in [-0.4, -0.2) is 43.4 Å². The highest BCUT2D eigenvalue weighted by molar-refractivity contribution is 7.07. The van der Waals surface area contributed by atoms with Crippen molar-refractivity contribution in [3.63, 3.8) is 0 Å². The molecular weight excluding hydrogens is 596 g/mol. The first-order chi connectivity index (χ1) is 21.6. The maximum atomic E-state index is 14.0. The summed E-state index contributed by atoms with van der Waals surface area (Å²) in [6.45, 7) is 9.09. The molecule has 0 fully saturated rings. The van der Waals surface area contributed by atoms with E-state index >= 15 is 0 Å². The zero-order valence-corrected chi connectivity index (χ0v) is 26.9. The normalized spacial score (nSPS) is 14.7. The Labute approximate surface area is 263 Å². The van der Waals surface area contributed by atoms with Crippen molar-refractivity contribution in [1.82, 2.24) is 4.57 Å². The van der Waals surface area contributed by atoms with Crippen LogP contribution < -0.4 is 24.4 Å². The van der Waals surface area contributed by atoms with Gasteiger partial charge in [-0.25, -0.2) is 14.6 Å². The second-order valence-corrected chi connectivity index (χ2v) is 11.6. The Morgan fingerprint density at radius 3 is 2.49 bits per heavy atom. The molecule has 0 bridgehead atoms. The van der Waals surface area contributed by atoms with Crippen molar-refractivity contribution in [2.45, 2.75) is 46.8 Å². The topological polar surface area (TPSA) is 119 Å². The van der Waals surface area contributed by atoms with Gasteiger partial charge in [-0.2, -0.15) is 0 Å². The SMILES string of the molecule is CCOC(=O)C1=C(C)N=c2s/c(=C/c3ccc(-c4ccc(C(=O)OC(C)C)cc4C)o3)c(=O)n2[C@@H]1c1cc(OC)ccc1OC. The van der Waals surface area contributed by atoms with E-state index in [0.717, 1.165) is 11.1 Å². The molecule has 45 heavy (non-hydrogen) atoms. The van der Waals surface area contributed by atoms with Gasteiger partial charge in [-0.3, -0.25) is 9.36 Å². The second kappa shape index (κ2) is 13.0. The predicted octanol–water partition coefficient (Wildman–Crippen LogP) is 4.95. The zero-order valence-electron chi connectivity index (χ0n) is 26.1. The van der Waals surface area contributed by atoms with Crippen molar-refractivity contribution in [1.29, 1.82) is 0 Å². The molecule has 2 aromatic carbocycles. The van der Waals surface area contributed by atoms with Crippen LogP contribution in [0.15, 0.2) is 74.0 Å². The Kier molecular flexibility index (Phi) is 9.10. The minimum atomic E-state index is -0.872. The van der Waals surface area contributed by atoms with Crippen LogP contribution in [0.4, 0.5) is 0 Å². The fraction of sp³-hybridized carbons (Fsp3) is 0.294. The molecule has 0 aliphatic carbocycles. The van der Waals surface area contributed by atoms with E-state index < -0.39 is 12.0 Å². The number of carbonyl (C=O) groups excluding carboxylic acids is 2. The van der Waals surface area contributed by atoms with Crippen LogP contribution in [0.2, 0.25) is 0 Å². The molecule has 0 unspecified atom stereocenters. The number of aromatic nitrogens is 1. The van der Waals surface area contributed by atoms with Crippen molar-refractivity contribution < 1.29 is 33.0 Å². The van der Waals surface area contributed by atoms with Crippen LogP contribution in [0.5, 0.6) is 11.5 Å². The molecule has 234 valence electrons. The summed E-state index contributed by atoms with van der Waals surface area (Å²) >= 11 is 1.19. The molecule has 4 aromatic rings. The summed E-state index contributed by atoms with van der Waals surface area (Å²) < 4.78 is 29.8. The highest BCUT2D eigenvalue weighted by Crippen LogP contribution is 2.38. The van der Waals surface area contributed by atoms with E-state index in [1.807, 2.05) is 19.1 Å². The lowest BCUT2D eigenvalue weighted by atomic mass is 9.95. The van der Waals surface area contributed by atoms with Crippen molar-refractivity contribution in [2.24, 2.45) is 4.99 Å². The van der Waals surface area contributed by atoms with Crippen LogP contribution in [0.1, 0.15) is 61.0 Å². The predicted molar refractivity (Wildman–Crippen MR) is 169 cm³/mol. The highest BCUT2D eigenvalue weighted by atomic mass is 32.1. The second-order valence-electron chi connectivity index (χ2n) is 10.6. The number of fused-ring (bicyclic) bond motifs is 1. The fourth-order valence-corrected chi connectivity index (χ4v) is 6.22. The number of esters is 2. The summed E-state index contributed by atoms with van der Waals surface area (Å²) in [4.78, 5) is 44.7. The maximum absolute atomic E-state index is 14.0. The number of nitrogens with zero attached hydrogens (tertiary/aromatic N) is 2. The van der Waals surface area contributed by atoms with Gasteiger partial charge in [0.05, 0.1) is 48.3 Å². The Balaban J connectivity index is 1.59.